The Bertz CT molecular complexity index is 531. The molecule has 0 aliphatic carbocycles. The zero-order valence-corrected chi connectivity index (χ0v) is 13.0. The molecular weight excluding hydrogens is 344 g/mol. The summed E-state index contributed by atoms with van der Waals surface area (Å²) in [6.07, 6.45) is -4.17. The van der Waals surface area contributed by atoms with Gasteiger partial charge in [0, 0.05) is 6.42 Å². The Labute approximate surface area is 135 Å². The summed E-state index contributed by atoms with van der Waals surface area (Å²) in [6.45, 7) is 0.0175. The fourth-order valence-electron chi connectivity index (χ4n) is 1.57. The largest absolute Gasteiger partial charge is 0.416 e. The molecule has 0 aromatic heterocycles. The van der Waals surface area contributed by atoms with Gasteiger partial charge in [0.25, 0.3) is 5.91 Å². The summed E-state index contributed by atoms with van der Waals surface area (Å²) in [5.74, 6) is -0.598. The van der Waals surface area contributed by atoms with Crippen molar-refractivity contribution in [3.8, 4) is 0 Å². The number of carbonyl (C=O) groups is 1. The van der Waals surface area contributed by atoms with Gasteiger partial charge >= 0.3 is 6.18 Å². The van der Waals surface area contributed by atoms with Crippen molar-refractivity contribution in [2.75, 3.05) is 13.7 Å². The molecule has 0 unspecified atom stereocenters. The zero-order chi connectivity index (χ0) is 16.8. The maximum atomic E-state index is 12.5. The molecule has 0 saturated carbocycles. The minimum Gasteiger partial charge on any atom is -0.399 e. The fraction of sp³-hybridized carbons (Fsp3) is 0.385. The summed E-state index contributed by atoms with van der Waals surface area (Å²) in [5.41, 5.74) is 0.262. The molecule has 22 heavy (non-hydrogen) atoms. The van der Waals surface area contributed by atoms with E-state index in [1.165, 1.54) is 19.2 Å². The molecule has 9 heteroatoms. The van der Waals surface area contributed by atoms with Crippen molar-refractivity contribution in [3.05, 3.63) is 35.4 Å². The predicted molar refractivity (Wildman–Crippen MR) is 78.1 cm³/mol. The number of rotatable bonds is 6. The fourth-order valence-corrected chi connectivity index (χ4v) is 1.72. The number of nitrogens with one attached hydrogen (secondary N) is 1. The van der Waals surface area contributed by atoms with Gasteiger partial charge in [-0.05, 0) is 17.7 Å². The highest BCUT2D eigenvalue weighted by molar-refractivity contribution is 6.53. The van der Waals surface area contributed by atoms with Crippen LogP contribution < -0.4 is 5.32 Å². The molecule has 1 amide bonds. The number of alkyl halides is 5. The van der Waals surface area contributed by atoms with Crippen LogP contribution in [0.15, 0.2) is 29.4 Å². The van der Waals surface area contributed by atoms with Gasteiger partial charge < -0.3 is 10.2 Å². The Kier molecular flexibility index (Phi) is 6.96. The Morgan fingerprint density at radius 1 is 1.32 bits per heavy atom. The predicted octanol–water partition coefficient (Wildman–Crippen LogP) is 3.17. The van der Waals surface area contributed by atoms with Crippen LogP contribution in [0.4, 0.5) is 13.2 Å². The van der Waals surface area contributed by atoms with Gasteiger partial charge in [0.1, 0.15) is 7.11 Å². The normalized spacial score (nSPS) is 12.4. The van der Waals surface area contributed by atoms with Gasteiger partial charge in [-0.3, -0.25) is 4.79 Å². The number of halogens is 5. The third-order valence-corrected chi connectivity index (χ3v) is 2.97. The number of benzene rings is 1. The van der Waals surface area contributed by atoms with Crippen LogP contribution in [0.3, 0.4) is 0 Å². The standard InChI is InChI=1S/C13H13Cl2F3N2O2/c1-22-20-10(7-19-12(21)11(14)15)6-8-2-4-9(5-3-8)13(16,17)18/h2-5,11H,6-7H2,1H3,(H,19,21). The lowest BCUT2D eigenvalue weighted by Crippen LogP contribution is -2.34. The number of carbonyl (C=O) groups excluding carboxylic acids is 1. The lowest BCUT2D eigenvalue weighted by atomic mass is 10.1. The van der Waals surface area contributed by atoms with Crippen molar-refractivity contribution in [2.45, 2.75) is 17.4 Å². The zero-order valence-electron chi connectivity index (χ0n) is 11.5. The second-order valence-corrected chi connectivity index (χ2v) is 5.33. The van der Waals surface area contributed by atoms with Crippen molar-refractivity contribution in [2.24, 2.45) is 5.16 Å². The highest BCUT2D eigenvalue weighted by Crippen LogP contribution is 2.29. The number of nitrogens with zero attached hydrogens (tertiary/aromatic N) is 1. The Balaban J connectivity index is 2.71. The van der Waals surface area contributed by atoms with Crippen molar-refractivity contribution < 1.29 is 22.8 Å². The molecule has 0 aliphatic rings. The first-order valence-electron chi connectivity index (χ1n) is 6.05. The molecule has 0 saturated heterocycles. The van der Waals surface area contributed by atoms with Crippen molar-refractivity contribution in [1.82, 2.24) is 5.32 Å². The molecule has 0 atom stereocenters. The Morgan fingerprint density at radius 2 is 1.91 bits per heavy atom. The molecule has 0 bridgehead atoms. The second-order valence-electron chi connectivity index (χ2n) is 4.23. The van der Waals surface area contributed by atoms with Crippen molar-refractivity contribution in [1.29, 1.82) is 0 Å². The van der Waals surface area contributed by atoms with Gasteiger partial charge in [0.2, 0.25) is 0 Å². The molecule has 0 aliphatic heterocycles. The summed E-state index contributed by atoms with van der Waals surface area (Å²) >= 11 is 10.8. The molecule has 1 rings (SSSR count). The van der Waals surface area contributed by atoms with Crippen LogP contribution in [0.2, 0.25) is 0 Å². The number of oxime groups is 1. The minimum atomic E-state index is -4.38. The molecule has 1 aromatic carbocycles. The lowest BCUT2D eigenvalue weighted by Gasteiger charge is -2.10. The third-order valence-electron chi connectivity index (χ3n) is 2.57. The molecule has 0 spiro atoms. The summed E-state index contributed by atoms with van der Waals surface area (Å²) in [6, 6.07) is 4.63. The number of hydrogen-bond donors (Lipinski definition) is 1. The van der Waals surface area contributed by atoms with Crippen LogP contribution in [0.5, 0.6) is 0 Å². The molecule has 4 nitrogen and oxygen atoms in total. The summed E-state index contributed by atoms with van der Waals surface area (Å²) in [5, 5.41) is 6.14. The maximum absolute atomic E-state index is 12.5. The van der Waals surface area contributed by atoms with Crippen LogP contribution in [-0.4, -0.2) is 30.1 Å². The van der Waals surface area contributed by atoms with E-state index < -0.39 is 22.5 Å². The van der Waals surface area contributed by atoms with Crippen LogP contribution in [0.25, 0.3) is 0 Å². The average Bonchev–Trinajstić information content (AvgIpc) is 2.44. The van der Waals surface area contributed by atoms with E-state index in [0.717, 1.165) is 12.1 Å². The van der Waals surface area contributed by atoms with E-state index >= 15 is 0 Å². The molecule has 122 valence electrons. The quantitative estimate of drug-likeness (QED) is 0.483. The summed E-state index contributed by atoms with van der Waals surface area (Å²) in [7, 11) is 1.32. The highest BCUT2D eigenvalue weighted by Gasteiger charge is 2.29. The van der Waals surface area contributed by atoms with E-state index in [1.807, 2.05) is 0 Å². The topological polar surface area (TPSA) is 50.7 Å². The van der Waals surface area contributed by atoms with E-state index in [-0.39, 0.29) is 13.0 Å². The Hall–Kier alpha value is -1.47. The van der Waals surface area contributed by atoms with Gasteiger partial charge in [0.05, 0.1) is 17.8 Å². The number of amides is 1. The van der Waals surface area contributed by atoms with Crippen LogP contribution >= 0.6 is 23.2 Å². The van der Waals surface area contributed by atoms with Gasteiger partial charge in [-0.1, -0.05) is 40.5 Å². The van der Waals surface area contributed by atoms with E-state index in [0.29, 0.717) is 11.3 Å². The SMILES string of the molecule is CON=C(CNC(=O)C(Cl)Cl)Cc1ccc(C(F)(F)F)cc1. The molecule has 0 heterocycles. The van der Waals surface area contributed by atoms with E-state index in [9.17, 15) is 18.0 Å². The average molecular weight is 357 g/mol. The summed E-state index contributed by atoms with van der Waals surface area (Å²) < 4.78 is 37.4. The summed E-state index contributed by atoms with van der Waals surface area (Å²) in [4.78, 5) is 14.7. The molecule has 0 fully saturated rings. The lowest BCUT2D eigenvalue weighted by molar-refractivity contribution is -0.137. The van der Waals surface area contributed by atoms with E-state index in [2.05, 4.69) is 15.3 Å². The minimum absolute atomic E-state index is 0.0175. The smallest absolute Gasteiger partial charge is 0.399 e. The first-order chi connectivity index (χ1) is 10.2. The van der Waals surface area contributed by atoms with Gasteiger partial charge in [-0.25, -0.2) is 0 Å². The van der Waals surface area contributed by atoms with Crippen LogP contribution in [-0.2, 0) is 22.2 Å². The van der Waals surface area contributed by atoms with Gasteiger partial charge in [-0.2, -0.15) is 13.2 Å². The van der Waals surface area contributed by atoms with Crippen LogP contribution in [0, 0.1) is 0 Å². The monoisotopic (exact) mass is 356 g/mol. The highest BCUT2D eigenvalue weighted by atomic mass is 35.5. The number of hydrogen-bond acceptors (Lipinski definition) is 3. The van der Waals surface area contributed by atoms with Crippen molar-refractivity contribution >= 4 is 34.8 Å². The second kappa shape index (κ2) is 8.24. The van der Waals surface area contributed by atoms with Gasteiger partial charge in [-0.15, -0.1) is 0 Å². The Morgan fingerprint density at radius 3 is 2.36 bits per heavy atom. The van der Waals surface area contributed by atoms with Crippen molar-refractivity contribution in [3.63, 3.8) is 0 Å². The third kappa shape index (κ3) is 6.11. The van der Waals surface area contributed by atoms with Gasteiger partial charge in [0.15, 0.2) is 4.84 Å². The maximum Gasteiger partial charge on any atom is 0.416 e. The molecule has 1 N–H and O–H groups in total. The van der Waals surface area contributed by atoms with Crippen LogP contribution in [0.1, 0.15) is 11.1 Å². The first-order valence-corrected chi connectivity index (χ1v) is 6.92. The molecular formula is C13H13Cl2F3N2O2. The molecule has 0 radical (unpaired) electrons. The van der Waals surface area contributed by atoms with E-state index in [1.54, 1.807) is 0 Å². The van der Waals surface area contributed by atoms with E-state index in [4.69, 9.17) is 23.2 Å². The first kappa shape index (κ1) is 18.6. The molecule has 1 aromatic rings.